The maximum absolute atomic E-state index is 12.7. The molecule has 0 unspecified atom stereocenters. The Kier molecular flexibility index (Phi) is 4.23. The predicted molar refractivity (Wildman–Crippen MR) is 90.7 cm³/mol. The van der Waals surface area contributed by atoms with Crippen molar-refractivity contribution in [3.63, 3.8) is 0 Å². The molecule has 26 heavy (non-hydrogen) atoms. The number of hydrogen-bond acceptors (Lipinski definition) is 5. The number of rotatable bonds is 3. The lowest BCUT2D eigenvalue weighted by Crippen LogP contribution is -2.38. The molecule has 1 atom stereocenters. The molecule has 1 aromatic carbocycles. The van der Waals surface area contributed by atoms with E-state index in [2.05, 4.69) is 25.8 Å². The summed E-state index contributed by atoms with van der Waals surface area (Å²) in [6, 6.07) is 5.11. The minimum Gasteiger partial charge on any atom is -0.361 e. The Balaban J connectivity index is 1.67. The number of benzene rings is 1. The molecule has 1 saturated heterocycles. The molecule has 0 radical (unpaired) electrons. The highest BCUT2D eigenvalue weighted by molar-refractivity contribution is 5.68. The van der Waals surface area contributed by atoms with Gasteiger partial charge >= 0.3 is 6.18 Å². The van der Waals surface area contributed by atoms with Crippen molar-refractivity contribution in [2.24, 2.45) is 0 Å². The summed E-state index contributed by atoms with van der Waals surface area (Å²) >= 11 is 0. The number of piperidine rings is 1. The number of aromatic nitrogens is 4. The Morgan fingerprint density at radius 3 is 2.65 bits per heavy atom. The smallest absolute Gasteiger partial charge is 0.361 e. The van der Waals surface area contributed by atoms with E-state index in [-0.39, 0.29) is 6.04 Å². The molecule has 0 saturated carbocycles. The molecule has 0 amide bonds. The van der Waals surface area contributed by atoms with E-state index in [0.717, 1.165) is 38.1 Å². The van der Waals surface area contributed by atoms with Gasteiger partial charge in [-0.2, -0.15) is 13.2 Å². The van der Waals surface area contributed by atoms with E-state index in [9.17, 15) is 13.2 Å². The molecule has 0 aliphatic carbocycles. The summed E-state index contributed by atoms with van der Waals surface area (Å²) in [4.78, 5) is 4.32. The molecule has 4 rings (SSSR count). The lowest BCUT2D eigenvalue weighted by atomic mass is 10.1. The molecule has 1 aliphatic heterocycles. The molecule has 3 heterocycles. The van der Waals surface area contributed by atoms with E-state index < -0.39 is 11.7 Å². The molecule has 3 aromatic rings. The van der Waals surface area contributed by atoms with E-state index in [4.69, 9.17) is 0 Å². The fraction of sp³-hybridized carbons (Fsp3) is 0.353. The maximum atomic E-state index is 12.7. The Morgan fingerprint density at radius 2 is 1.96 bits per heavy atom. The molecule has 136 valence electrons. The topological polar surface area (TPSA) is 67.1 Å². The van der Waals surface area contributed by atoms with Gasteiger partial charge in [-0.25, -0.2) is 4.98 Å². The van der Waals surface area contributed by atoms with Crippen LogP contribution in [0.2, 0.25) is 0 Å². The minimum absolute atomic E-state index is 0.246. The van der Waals surface area contributed by atoms with Crippen LogP contribution in [0.3, 0.4) is 0 Å². The van der Waals surface area contributed by atoms with Crippen LogP contribution in [0, 0.1) is 0 Å². The highest BCUT2D eigenvalue weighted by atomic mass is 19.4. The lowest BCUT2D eigenvalue weighted by Gasteiger charge is -2.24. The Hall–Kier alpha value is -2.68. The fourth-order valence-electron chi connectivity index (χ4n) is 3.11. The third-order valence-corrected chi connectivity index (χ3v) is 4.43. The van der Waals surface area contributed by atoms with Crippen LogP contribution in [0.5, 0.6) is 0 Å². The molecular weight excluding hydrogens is 345 g/mol. The second kappa shape index (κ2) is 6.56. The van der Waals surface area contributed by atoms with Crippen molar-refractivity contribution in [1.82, 2.24) is 24.9 Å². The SMILES string of the molecule is FC(F)(F)c1ccc(-c2nnc(N[C@@H]3CCCNC3)c3nccn23)cc1. The molecule has 0 bridgehead atoms. The van der Waals surface area contributed by atoms with Gasteiger partial charge in [0.25, 0.3) is 0 Å². The molecule has 2 aromatic heterocycles. The largest absolute Gasteiger partial charge is 0.416 e. The molecule has 6 nitrogen and oxygen atoms in total. The Bertz CT molecular complexity index is 897. The third-order valence-electron chi connectivity index (χ3n) is 4.43. The summed E-state index contributed by atoms with van der Waals surface area (Å²) in [6.07, 6.45) is 1.09. The standard InChI is InChI=1S/C17H17F3N6/c18-17(19,20)12-5-3-11(4-6-12)15-25-24-14(16-22-8-9-26(15)16)23-13-2-1-7-21-10-13/h3-6,8-9,13,21H,1-2,7,10H2,(H,23,24)/t13-/m1/s1. The van der Waals surface area contributed by atoms with Crippen molar-refractivity contribution in [2.45, 2.75) is 25.1 Å². The minimum atomic E-state index is -4.36. The number of fused-ring (bicyclic) bond motifs is 1. The Labute approximate surface area is 147 Å². The van der Waals surface area contributed by atoms with Crippen LogP contribution in [0.15, 0.2) is 36.7 Å². The predicted octanol–water partition coefficient (Wildman–Crippen LogP) is 2.97. The third kappa shape index (κ3) is 3.22. The van der Waals surface area contributed by atoms with Crippen molar-refractivity contribution >= 4 is 11.5 Å². The fourth-order valence-corrected chi connectivity index (χ4v) is 3.11. The van der Waals surface area contributed by atoms with Crippen LogP contribution < -0.4 is 10.6 Å². The zero-order valence-corrected chi connectivity index (χ0v) is 13.8. The number of alkyl halides is 3. The number of anilines is 1. The summed E-state index contributed by atoms with van der Waals surface area (Å²) in [5.41, 5.74) is 0.444. The normalized spacial score (nSPS) is 18.2. The quantitative estimate of drug-likeness (QED) is 0.750. The molecule has 0 spiro atoms. The van der Waals surface area contributed by atoms with Crippen molar-refractivity contribution in [1.29, 1.82) is 0 Å². The van der Waals surface area contributed by atoms with Gasteiger partial charge in [-0.05, 0) is 31.5 Å². The van der Waals surface area contributed by atoms with E-state index >= 15 is 0 Å². The first kappa shape index (κ1) is 16.8. The monoisotopic (exact) mass is 362 g/mol. The second-order valence-electron chi connectivity index (χ2n) is 6.26. The van der Waals surface area contributed by atoms with Crippen LogP contribution in [0.4, 0.5) is 19.0 Å². The summed E-state index contributed by atoms with van der Waals surface area (Å²) in [7, 11) is 0. The van der Waals surface area contributed by atoms with Crippen molar-refractivity contribution in [3.8, 4) is 11.4 Å². The van der Waals surface area contributed by atoms with Gasteiger partial charge in [-0.15, -0.1) is 10.2 Å². The number of nitrogens with zero attached hydrogens (tertiary/aromatic N) is 4. The molecule has 2 N–H and O–H groups in total. The first-order valence-corrected chi connectivity index (χ1v) is 8.37. The second-order valence-corrected chi connectivity index (χ2v) is 6.26. The molecular formula is C17H17F3N6. The highest BCUT2D eigenvalue weighted by Gasteiger charge is 2.30. The molecule has 1 fully saturated rings. The summed E-state index contributed by atoms with van der Waals surface area (Å²) in [5.74, 6) is 1.01. The van der Waals surface area contributed by atoms with Gasteiger partial charge in [0.1, 0.15) is 0 Å². The summed E-state index contributed by atoms with van der Waals surface area (Å²) < 4.78 is 40.0. The number of halogens is 3. The first-order valence-electron chi connectivity index (χ1n) is 8.37. The summed E-state index contributed by atoms with van der Waals surface area (Å²) in [6.45, 7) is 1.85. The van der Waals surface area contributed by atoms with Gasteiger partial charge in [0.2, 0.25) is 0 Å². The lowest BCUT2D eigenvalue weighted by molar-refractivity contribution is -0.137. The number of imidazole rings is 1. The molecule has 1 aliphatic rings. The Morgan fingerprint density at radius 1 is 1.15 bits per heavy atom. The number of nitrogens with one attached hydrogen (secondary N) is 2. The van der Waals surface area contributed by atoms with Gasteiger partial charge in [0.05, 0.1) is 5.56 Å². The van der Waals surface area contributed by atoms with Crippen LogP contribution in [0.25, 0.3) is 17.0 Å². The molecule has 9 heteroatoms. The number of hydrogen-bond donors (Lipinski definition) is 2. The van der Waals surface area contributed by atoms with E-state index in [1.807, 2.05) is 0 Å². The summed E-state index contributed by atoms with van der Waals surface area (Å²) in [5, 5.41) is 15.1. The van der Waals surface area contributed by atoms with Crippen LogP contribution in [0.1, 0.15) is 18.4 Å². The van der Waals surface area contributed by atoms with Gasteiger partial charge in [0.15, 0.2) is 17.3 Å². The zero-order valence-electron chi connectivity index (χ0n) is 13.8. The van der Waals surface area contributed by atoms with Gasteiger partial charge in [0, 0.05) is 30.5 Å². The van der Waals surface area contributed by atoms with E-state index in [1.165, 1.54) is 12.1 Å². The first-order chi connectivity index (χ1) is 12.5. The zero-order chi connectivity index (χ0) is 18.1. The van der Waals surface area contributed by atoms with Crippen molar-refractivity contribution < 1.29 is 13.2 Å². The van der Waals surface area contributed by atoms with Gasteiger partial charge in [-0.3, -0.25) is 4.40 Å². The van der Waals surface area contributed by atoms with Gasteiger partial charge in [-0.1, -0.05) is 12.1 Å². The van der Waals surface area contributed by atoms with E-state index in [1.54, 1.807) is 16.8 Å². The highest BCUT2D eigenvalue weighted by Crippen LogP contribution is 2.31. The average Bonchev–Trinajstić information content (AvgIpc) is 3.12. The van der Waals surface area contributed by atoms with Crippen LogP contribution >= 0.6 is 0 Å². The average molecular weight is 362 g/mol. The van der Waals surface area contributed by atoms with Crippen LogP contribution in [-0.4, -0.2) is 38.7 Å². The van der Waals surface area contributed by atoms with Crippen LogP contribution in [-0.2, 0) is 6.18 Å². The van der Waals surface area contributed by atoms with E-state index in [0.29, 0.717) is 22.9 Å². The van der Waals surface area contributed by atoms with Gasteiger partial charge < -0.3 is 10.6 Å². The van der Waals surface area contributed by atoms with Crippen molar-refractivity contribution in [2.75, 3.05) is 18.4 Å². The van der Waals surface area contributed by atoms with Crippen molar-refractivity contribution in [3.05, 3.63) is 42.2 Å². The maximum Gasteiger partial charge on any atom is 0.416 e.